The summed E-state index contributed by atoms with van der Waals surface area (Å²) in [6.45, 7) is 8.86. The van der Waals surface area contributed by atoms with Crippen LogP contribution in [0.25, 0.3) is 5.69 Å². The molecule has 0 spiro atoms. The second-order valence-electron chi connectivity index (χ2n) is 7.80. The molecule has 0 unspecified atom stereocenters. The summed E-state index contributed by atoms with van der Waals surface area (Å²) in [7, 11) is 0. The summed E-state index contributed by atoms with van der Waals surface area (Å²) < 4.78 is 1.83. The molecule has 1 aromatic carbocycles. The van der Waals surface area contributed by atoms with Crippen molar-refractivity contribution in [1.82, 2.24) is 14.7 Å². The highest BCUT2D eigenvalue weighted by atomic mass is 16.2. The predicted molar refractivity (Wildman–Crippen MR) is 101 cm³/mol. The molecule has 1 aliphatic heterocycles. The zero-order valence-electron chi connectivity index (χ0n) is 15.5. The number of hydrogen-bond donors (Lipinski definition) is 1. The van der Waals surface area contributed by atoms with E-state index in [1.165, 1.54) is 19.3 Å². The van der Waals surface area contributed by atoms with E-state index in [0.29, 0.717) is 6.54 Å². The number of rotatable bonds is 4. The number of piperidine rings is 1. The molecule has 2 aromatic rings. The Bertz CT molecular complexity index is 709. The zero-order chi connectivity index (χ0) is 17.9. The van der Waals surface area contributed by atoms with Gasteiger partial charge >= 0.3 is 0 Å². The average Bonchev–Trinajstić information content (AvgIpc) is 3.00. The van der Waals surface area contributed by atoms with E-state index in [1.54, 1.807) is 0 Å². The lowest BCUT2D eigenvalue weighted by atomic mass is 9.92. The fourth-order valence-electron chi connectivity index (χ4n) is 3.11. The molecule has 1 fully saturated rings. The van der Waals surface area contributed by atoms with Crippen LogP contribution in [0.15, 0.2) is 36.4 Å². The molecule has 1 aromatic heterocycles. The van der Waals surface area contributed by atoms with Crippen molar-refractivity contribution in [3.05, 3.63) is 42.1 Å². The van der Waals surface area contributed by atoms with Crippen LogP contribution < -0.4 is 5.32 Å². The number of hydrogen-bond acceptors (Lipinski definition) is 3. The topological polar surface area (TPSA) is 50.2 Å². The molecular formula is C20H28N4O. The third-order valence-corrected chi connectivity index (χ3v) is 4.56. The molecule has 0 bridgehead atoms. The molecule has 2 heterocycles. The Morgan fingerprint density at radius 3 is 2.44 bits per heavy atom. The number of aromatic nitrogens is 2. The largest absolute Gasteiger partial charge is 0.309 e. The second-order valence-corrected chi connectivity index (χ2v) is 7.80. The molecule has 5 nitrogen and oxygen atoms in total. The van der Waals surface area contributed by atoms with E-state index in [1.807, 2.05) is 41.1 Å². The Balaban J connectivity index is 1.81. The molecule has 0 radical (unpaired) electrons. The van der Waals surface area contributed by atoms with Crippen LogP contribution in [0.4, 0.5) is 5.82 Å². The fraction of sp³-hybridized carbons (Fsp3) is 0.500. The van der Waals surface area contributed by atoms with Crippen molar-refractivity contribution in [2.24, 2.45) is 0 Å². The lowest BCUT2D eigenvalue weighted by molar-refractivity contribution is -0.117. The maximum atomic E-state index is 12.5. The summed E-state index contributed by atoms with van der Waals surface area (Å²) in [6.07, 6.45) is 3.64. The fourth-order valence-corrected chi connectivity index (χ4v) is 3.11. The quantitative estimate of drug-likeness (QED) is 0.925. The van der Waals surface area contributed by atoms with Gasteiger partial charge in [0, 0.05) is 11.5 Å². The van der Waals surface area contributed by atoms with Gasteiger partial charge in [-0.15, -0.1) is 0 Å². The van der Waals surface area contributed by atoms with Crippen molar-refractivity contribution in [2.75, 3.05) is 25.0 Å². The third kappa shape index (κ3) is 4.48. The summed E-state index contributed by atoms with van der Waals surface area (Å²) >= 11 is 0. The Labute approximate surface area is 150 Å². The maximum absolute atomic E-state index is 12.5. The molecule has 1 aliphatic rings. The van der Waals surface area contributed by atoms with Crippen LogP contribution in [0, 0.1) is 0 Å². The first-order chi connectivity index (χ1) is 11.9. The van der Waals surface area contributed by atoms with Gasteiger partial charge in [-0.1, -0.05) is 45.4 Å². The lowest BCUT2D eigenvalue weighted by Gasteiger charge is -2.25. The maximum Gasteiger partial charge on any atom is 0.239 e. The molecule has 5 heteroatoms. The Morgan fingerprint density at radius 1 is 1.12 bits per heavy atom. The summed E-state index contributed by atoms with van der Waals surface area (Å²) in [4.78, 5) is 14.8. The minimum atomic E-state index is -0.0770. The van der Waals surface area contributed by atoms with E-state index < -0.39 is 0 Å². The summed E-state index contributed by atoms with van der Waals surface area (Å²) in [5.41, 5.74) is 1.84. The smallest absolute Gasteiger partial charge is 0.239 e. The van der Waals surface area contributed by atoms with Crippen molar-refractivity contribution >= 4 is 11.7 Å². The molecule has 0 aliphatic carbocycles. The molecule has 1 amide bonds. The first-order valence-electron chi connectivity index (χ1n) is 9.12. The van der Waals surface area contributed by atoms with Gasteiger partial charge in [-0.05, 0) is 38.1 Å². The van der Waals surface area contributed by atoms with E-state index in [9.17, 15) is 4.79 Å². The normalized spacial score (nSPS) is 16.0. The van der Waals surface area contributed by atoms with Crippen molar-refractivity contribution in [1.29, 1.82) is 0 Å². The Kier molecular flexibility index (Phi) is 5.23. The molecular weight excluding hydrogens is 312 g/mol. The molecule has 0 atom stereocenters. The number of nitrogens with one attached hydrogen (secondary N) is 1. The number of carbonyl (C=O) groups is 1. The SMILES string of the molecule is CC(C)(C)c1cc(NC(=O)CN2CCCCC2)n(-c2ccccc2)n1. The van der Waals surface area contributed by atoms with E-state index in [4.69, 9.17) is 5.10 Å². The van der Waals surface area contributed by atoms with Crippen LogP contribution in [0.3, 0.4) is 0 Å². The number of anilines is 1. The van der Waals surface area contributed by atoms with Crippen molar-refractivity contribution in [3.8, 4) is 5.69 Å². The number of benzene rings is 1. The van der Waals surface area contributed by atoms with Gasteiger partial charge in [0.1, 0.15) is 5.82 Å². The first kappa shape index (κ1) is 17.7. The third-order valence-electron chi connectivity index (χ3n) is 4.56. The summed E-state index contributed by atoms with van der Waals surface area (Å²) in [6, 6.07) is 11.9. The predicted octanol–water partition coefficient (Wildman–Crippen LogP) is 3.59. The van der Waals surface area contributed by atoms with E-state index >= 15 is 0 Å². The van der Waals surface area contributed by atoms with Gasteiger partial charge in [-0.2, -0.15) is 5.10 Å². The van der Waals surface area contributed by atoms with Crippen LogP contribution in [0.1, 0.15) is 45.7 Å². The molecule has 0 saturated carbocycles. The minimum absolute atomic E-state index is 0.0273. The standard InChI is InChI=1S/C20H28N4O/c1-20(2,3)17-14-18(24(22-17)16-10-6-4-7-11-16)21-19(25)15-23-12-8-5-9-13-23/h4,6-7,10-11,14H,5,8-9,12-13,15H2,1-3H3,(H,21,25). The summed E-state index contributed by atoms with van der Waals surface area (Å²) in [5.74, 6) is 0.762. The monoisotopic (exact) mass is 340 g/mol. The highest BCUT2D eigenvalue weighted by Crippen LogP contribution is 2.26. The van der Waals surface area contributed by atoms with Gasteiger partial charge in [-0.3, -0.25) is 9.69 Å². The highest BCUT2D eigenvalue weighted by molar-refractivity contribution is 5.91. The average molecular weight is 340 g/mol. The van der Waals surface area contributed by atoms with Gasteiger partial charge in [0.05, 0.1) is 17.9 Å². The van der Waals surface area contributed by atoms with Crippen LogP contribution in [0.5, 0.6) is 0 Å². The summed E-state index contributed by atoms with van der Waals surface area (Å²) in [5, 5.41) is 7.81. The highest BCUT2D eigenvalue weighted by Gasteiger charge is 2.22. The van der Waals surface area contributed by atoms with Crippen LogP contribution in [-0.2, 0) is 10.2 Å². The minimum Gasteiger partial charge on any atom is -0.309 e. The Hall–Kier alpha value is -2.14. The van der Waals surface area contributed by atoms with Crippen molar-refractivity contribution < 1.29 is 4.79 Å². The van der Waals surface area contributed by atoms with Gasteiger partial charge in [0.25, 0.3) is 0 Å². The van der Waals surface area contributed by atoms with Crippen LogP contribution in [-0.4, -0.2) is 40.2 Å². The van der Waals surface area contributed by atoms with E-state index in [2.05, 4.69) is 31.0 Å². The molecule has 134 valence electrons. The molecule has 1 saturated heterocycles. The number of likely N-dealkylation sites (tertiary alicyclic amines) is 1. The zero-order valence-corrected chi connectivity index (χ0v) is 15.5. The van der Waals surface area contributed by atoms with E-state index in [-0.39, 0.29) is 11.3 Å². The van der Waals surface area contributed by atoms with Gasteiger partial charge in [0.2, 0.25) is 5.91 Å². The number of para-hydroxylation sites is 1. The number of nitrogens with zero attached hydrogens (tertiary/aromatic N) is 3. The van der Waals surface area contributed by atoms with E-state index in [0.717, 1.165) is 30.3 Å². The molecule has 1 N–H and O–H groups in total. The molecule has 25 heavy (non-hydrogen) atoms. The number of carbonyl (C=O) groups excluding carboxylic acids is 1. The Morgan fingerprint density at radius 2 is 1.80 bits per heavy atom. The second kappa shape index (κ2) is 7.40. The van der Waals surface area contributed by atoms with Crippen LogP contribution >= 0.6 is 0 Å². The van der Waals surface area contributed by atoms with Gasteiger partial charge in [0.15, 0.2) is 0 Å². The van der Waals surface area contributed by atoms with Crippen molar-refractivity contribution in [2.45, 2.75) is 45.4 Å². The van der Waals surface area contributed by atoms with Crippen molar-refractivity contribution in [3.63, 3.8) is 0 Å². The molecule has 3 rings (SSSR count). The lowest BCUT2D eigenvalue weighted by Crippen LogP contribution is -2.37. The van der Waals surface area contributed by atoms with Gasteiger partial charge < -0.3 is 5.32 Å². The van der Waals surface area contributed by atoms with Gasteiger partial charge in [-0.25, -0.2) is 4.68 Å². The first-order valence-corrected chi connectivity index (χ1v) is 9.12. The van der Waals surface area contributed by atoms with Crippen LogP contribution in [0.2, 0.25) is 0 Å². The number of amides is 1.